The Balaban J connectivity index is 2.33. The Morgan fingerprint density at radius 1 is 1.36 bits per heavy atom. The first-order valence-corrected chi connectivity index (χ1v) is 8.91. The number of aromatic nitrogens is 1. The normalized spacial score (nSPS) is 12.7. The van der Waals surface area contributed by atoms with Crippen molar-refractivity contribution in [2.24, 2.45) is 0 Å². The van der Waals surface area contributed by atoms with Gasteiger partial charge in [0.15, 0.2) is 0 Å². The number of carbonyl (C=O) groups excluding carboxylic acids is 1. The second-order valence-electron chi connectivity index (χ2n) is 4.92. The summed E-state index contributed by atoms with van der Waals surface area (Å²) in [6, 6.07) is 5.22. The molecular weight excluding hydrogens is 304 g/mol. The molecule has 2 N–H and O–H groups in total. The third-order valence-electron chi connectivity index (χ3n) is 3.35. The van der Waals surface area contributed by atoms with Gasteiger partial charge in [-0.1, -0.05) is 6.07 Å². The van der Waals surface area contributed by atoms with Gasteiger partial charge < -0.3 is 10.2 Å². The number of carbonyl (C=O) groups is 1. The molecule has 0 bridgehead atoms. The van der Waals surface area contributed by atoms with Crippen molar-refractivity contribution in [3.8, 4) is 0 Å². The van der Waals surface area contributed by atoms with Crippen molar-refractivity contribution in [1.29, 1.82) is 0 Å². The average Bonchev–Trinajstić information content (AvgIpc) is 2.53. The summed E-state index contributed by atoms with van der Waals surface area (Å²) in [5.41, 5.74) is 0.816. The van der Waals surface area contributed by atoms with Crippen LogP contribution in [-0.2, 0) is 10.0 Å². The minimum atomic E-state index is -3.17. The minimum absolute atomic E-state index is 0.0592. The van der Waals surface area contributed by atoms with Gasteiger partial charge in [-0.2, -0.15) is 0 Å². The molecule has 0 aliphatic rings. The number of pyridine rings is 1. The summed E-state index contributed by atoms with van der Waals surface area (Å²) in [7, 11) is -1.46. The first kappa shape index (κ1) is 18.4. The Bertz CT molecular complexity index is 563. The molecule has 2 amide bonds. The van der Waals surface area contributed by atoms with Gasteiger partial charge in [0.1, 0.15) is 0 Å². The minimum Gasteiger partial charge on any atom is -0.338 e. The van der Waals surface area contributed by atoms with Crippen LogP contribution in [0.3, 0.4) is 0 Å². The van der Waals surface area contributed by atoms with Gasteiger partial charge in [0.25, 0.3) is 0 Å². The highest BCUT2D eigenvalue weighted by atomic mass is 32.2. The summed E-state index contributed by atoms with van der Waals surface area (Å²) in [4.78, 5) is 17.8. The Morgan fingerprint density at radius 2 is 2.09 bits per heavy atom. The molecule has 22 heavy (non-hydrogen) atoms. The molecule has 7 nitrogen and oxygen atoms in total. The third-order valence-corrected chi connectivity index (χ3v) is 4.75. The molecular formula is C14H24N4O3S. The van der Waals surface area contributed by atoms with Crippen LogP contribution in [-0.4, -0.2) is 50.2 Å². The van der Waals surface area contributed by atoms with Crippen molar-refractivity contribution < 1.29 is 13.2 Å². The summed E-state index contributed by atoms with van der Waals surface area (Å²) in [6.45, 7) is 4.20. The largest absolute Gasteiger partial charge is 0.338 e. The van der Waals surface area contributed by atoms with E-state index < -0.39 is 10.0 Å². The molecule has 124 valence electrons. The predicted molar refractivity (Wildman–Crippen MR) is 85.9 cm³/mol. The van der Waals surface area contributed by atoms with Gasteiger partial charge in [-0.3, -0.25) is 4.98 Å². The van der Waals surface area contributed by atoms with Gasteiger partial charge in [-0.15, -0.1) is 0 Å². The molecule has 0 saturated carbocycles. The van der Waals surface area contributed by atoms with E-state index in [4.69, 9.17) is 0 Å². The van der Waals surface area contributed by atoms with Crippen LogP contribution in [0.15, 0.2) is 24.4 Å². The molecule has 1 rings (SSSR count). The maximum atomic E-state index is 12.0. The first-order chi connectivity index (χ1) is 10.4. The Kier molecular flexibility index (Phi) is 7.26. The van der Waals surface area contributed by atoms with Crippen LogP contribution in [0.2, 0.25) is 0 Å². The van der Waals surface area contributed by atoms with Crippen molar-refractivity contribution in [3.63, 3.8) is 0 Å². The van der Waals surface area contributed by atoms with E-state index in [1.54, 1.807) is 25.1 Å². The summed E-state index contributed by atoms with van der Waals surface area (Å²) < 4.78 is 24.9. The lowest BCUT2D eigenvalue weighted by atomic mass is 10.2. The fourth-order valence-corrected chi connectivity index (χ4v) is 2.39. The van der Waals surface area contributed by atoms with E-state index in [1.807, 2.05) is 25.1 Å². The number of sulfonamides is 1. The quantitative estimate of drug-likeness (QED) is 0.699. The van der Waals surface area contributed by atoms with Crippen molar-refractivity contribution in [1.82, 2.24) is 19.9 Å². The average molecular weight is 328 g/mol. The summed E-state index contributed by atoms with van der Waals surface area (Å²) >= 11 is 0. The van der Waals surface area contributed by atoms with E-state index in [2.05, 4.69) is 15.0 Å². The van der Waals surface area contributed by atoms with Gasteiger partial charge in [0.05, 0.1) is 17.5 Å². The van der Waals surface area contributed by atoms with E-state index in [0.29, 0.717) is 19.5 Å². The van der Waals surface area contributed by atoms with Gasteiger partial charge in [0, 0.05) is 26.3 Å². The Hall–Kier alpha value is -1.67. The maximum Gasteiger partial charge on any atom is 0.317 e. The molecule has 1 aromatic rings. The summed E-state index contributed by atoms with van der Waals surface area (Å²) in [6.07, 6.45) is 2.23. The van der Waals surface area contributed by atoms with Crippen LogP contribution < -0.4 is 10.0 Å². The highest BCUT2D eigenvalue weighted by molar-refractivity contribution is 7.89. The smallest absolute Gasteiger partial charge is 0.317 e. The topological polar surface area (TPSA) is 91.4 Å². The molecule has 0 unspecified atom stereocenters. The van der Waals surface area contributed by atoms with Gasteiger partial charge >= 0.3 is 6.03 Å². The van der Waals surface area contributed by atoms with Gasteiger partial charge in [-0.25, -0.2) is 17.9 Å². The fourth-order valence-electron chi connectivity index (χ4n) is 1.74. The van der Waals surface area contributed by atoms with Crippen LogP contribution in [0.4, 0.5) is 4.79 Å². The SMILES string of the molecule is CCS(=O)(=O)NCCCNC(=O)N(C)[C@H](C)c1ccccn1. The maximum absolute atomic E-state index is 12.0. The lowest BCUT2D eigenvalue weighted by Crippen LogP contribution is -2.40. The third kappa shape index (κ3) is 5.98. The zero-order valence-electron chi connectivity index (χ0n) is 13.2. The van der Waals surface area contributed by atoms with Crippen LogP contribution >= 0.6 is 0 Å². The summed E-state index contributed by atoms with van der Waals surface area (Å²) in [5.74, 6) is 0.0592. The number of hydrogen-bond donors (Lipinski definition) is 2. The number of nitrogens with zero attached hydrogens (tertiary/aromatic N) is 2. The van der Waals surface area contributed by atoms with Gasteiger partial charge in [0.2, 0.25) is 10.0 Å². The monoisotopic (exact) mass is 328 g/mol. The number of amides is 2. The van der Waals surface area contributed by atoms with E-state index in [9.17, 15) is 13.2 Å². The number of hydrogen-bond acceptors (Lipinski definition) is 4. The van der Waals surface area contributed by atoms with Crippen LogP contribution in [0, 0.1) is 0 Å². The molecule has 1 heterocycles. The van der Waals surface area contributed by atoms with E-state index in [1.165, 1.54) is 0 Å². The number of rotatable bonds is 8. The van der Waals surface area contributed by atoms with E-state index in [-0.39, 0.29) is 17.8 Å². The molecule has 1 aromatic heterocycles. The molecule has 0 aliphatic heterocycles. The van der Waals surface area contributed by atoms with E-state index in [0.717, 1.165) is 5.69 Å². The predicted octanol–water partition coefficient (Wildman–Crippen LogP) is 1.11. The Morgan fingerprint density at radius 3 is 2.68 bits per heavy atom. The van der Waals surface area contributed by atoms with Crippen molar-refractivity contribution in [3.05, 3.63) is 30.1 Å². The van der Waals surface area contributed by atoms with Crippen molar-refractivity contribution in [2.45, 2.75) is 26.3 Å². The molecule has 0 radical (unpaired) electrons. The van der Waals surface area contributed by atoms with Crippen LogP contribution in [0.1, 0.15) is 32.0 Å². The molecule has 1 atom stereocenters. The first-order valence-electron chi connectivity index (χ1n) is 7.26. The number of urea groups is 1. The molecule has 0 saturated heterocycles. The van der Waals surface area contributed by atoms with Crippen LogP contribution in [0.5, 0.6) is 0 Å². The van der Waals surface area contributed by atoms with Crippen LogP contribution in [0.25, 0.3) is 0 Å². The van der Waals surface area contributed by atoms with Crippen molar-refractivity contribution >= 4 is 16.1 Å². The zero-order chi connectivity index (χ0) is 16.6. The molecule has 0 fully saturated rings. The Labute approximate surface area is 132 Å². The lowest BCUT2D eigenvalue weighted by molar-refractivity contribution is 0.193. The second-order valence-corrected chi connectivity index (χ2v) is 7.02. The highest BCUT2D eigenvalue weighted by Gasteiger charge is 2.17. The molecule has 8 heteroatoms. The van der Waals surface area contributed by atoms with Gasteiger partial charge in [-0.05, 0) is 32.4 Å². The zero-order valence-corrected chi connectivity index (χ0v) is 14.1. The molecule has 0 aromatic carbocycles. The molecule has 0 aliphatic carbocycles. The fraction of sp³-hybridized carbons (Fsp3) is 0.571. The molecule has 0 spiro atoms. The van der Waals surface area contributed by atoms with E-state index >= 15 is 0 Å². The number of nitrogens with one attached hydrogen (secondary N) is 2. The summed E-state index contributed by atoms with van der Waals surface area (Å²) in [5, 5.41) is 2.76. The lowest BCUT2D eigenvalue weighted by Gasteiger charge is -2.24. The standard InChI is InChI=1S/C14H24N4O3S/c1-4-22(20,21)17-11-7-10-16-14(19)18(3)12(2)13-8-5-6-9-15-13/h5-6,8-9,12,17H,4,7,10-11H2,1-3H3,(H,16,19)/t12-/m1/s1. The van der Waals surface area contributed by atoms with Crippen molar-refractivity contribution in [2.75, 3.05) is 25.9 Å². The highest BCUT2D eigenvalue weighted by Crippen LogP contribution is 2.15. The second kappa shape index (κ2) is 8.70.